The molecule has 5 nitrogen and oxygen atoms in total. The summed E-state index contributed by atoms with van der Waals surface area (Å²) in [6.45, 7) is 6.62. The molecule has 21 heavy (non-hydrogen) atoms. The zero-order valence-corrected chi connectivity index (χ0v) is 15.5. The normalized spacial score (nSPS) is 18.7. The molecule has 0 amide bonds. The lowest BCUT2D eigenvalue weighted by atomic mass is 10.1. The standard InChI is InChI=1S/C15H26N4O.HI/c1-4-20-12-13-7-9-19(11-13)15(16-2)17-10-14-6-5-8-18(14)3;/h5-6,8,13H,4,7,9-12H2,1-3H3,(H,16,17);1H. The number of nitrogens with zero attached hydrogens (tertiary/aromatic N) is 3. The average Bonchev–Trinajstić information content (AvgIpc) is 3.07. The van der Waals surface area contributed by atoms with Crippen molar-refractivity contribution in [3.8, 4) is 0 Å². The minimum Gasteiger partial charge on any atom is -0.381 e. The van der Waals surface area contributed by atoms with E-state index in [9.17, 15) is 0 Å². The predicted octanol–water partition coefficient (Wildman–Crippen LogP) is 2.08. The summed E-state index contributed by atoms with van der Waals surface area (Å²) in [6.07, 6.45) is 3.25. The van der Waals surface area contributed by atoms with Gasteiger partial charge in [-0.25, -0.2) is 0 Å². The number of nitrogens with one attached hydrogen (secondary N) is 1. The Morgan fingerprint density at radius 3 is 2.95 bits per heavy atom. The highest BCUT2D eigenvalue weighted by Crippen LogP contribution is 2.16. The number of halogens is 1. The lowest BCUT2D eigenvalue weighted by molar-refractivity contribution is 0.114. The van der Waals surface area contributed by atoms with Gasteiger partial charge in [0.15, 0.2) is 5.96 Å². The Balaban J connectivity index is 0.00000220. The van der Waals surface area contributed by atoms with Crippen LogP contribution in [0.3, 0.4) is 0 Å². The summed E-state index contributed by atoms with van der Waals surface area (Å²) < 4.78 is 7.65. The SMILES string of the molecule is CCOCC1CCN(C(=NC)NCc2cccn2C)C1.I. The van der Waals surface area contributed by atoms with Gasteiger partial charge in [0.2, 0.25) is 0 Å². The van der Waals surface area contributed by atoms with Gasteiger partial charge in [0.25, 0.3) is 0 Å². The summed E-state index contributed by atoms with van der Waals surface area (Å²) >= 11 is 0. The Bertz CT molecular complexity index is 447. The smallest absolute Gasteiger partial charge is 0.193 e. The number of guanidine groups is 1. The van der Waals surface area contributed by atoms with Crippen LogP contribution < -0.4 is 5.32 Å². The summed E-state index contributed by atoms with van der Waals surface area (Å²) in [6, 6.07) is 4.19. The van der Waals surface area contributed by atoms with Gasteiger partial charge in [0.1, 0.15) is 0 Å². The number of likely N-dealkylation sites (tertiary alicyclic amines) is 1. The van der Waals surface area contributed by atoms with Crippen LogP contribution in [0.4, 0.5) is 0 Å². The van der Waals surface area contributed by atoms with Crippen molar-refractivity contribution in [2.75, 3.05) is 33.4 Å². The maximum Gasteiger partial charge on any atom is 0.193 e. The Morgan fingerprint density at radius 1 is 1.52 bits per heavy atom. The van der Waals surface area contributed by atoms with Crippen LogP contribution in [0.2, 0.25) is 0 Å². The highest BCUT2D eigenvalue weighted by atomic mass is 127. The van der Waals surface area contributed by atoms with E-state index in [1.165, 1.54) is 12.1 Å². The maximum atomic E-state index is 5.52. The molecule has 1 N–H and O–H groups in total. The van der Waals surface area contributed by atoms with Gasteiger partial charge in [0, 0.05) is 51.6 Å². The van der Waals surface area contributed by atoms with Crippen molar-refractivity contribution in [2.24, 2.45) is 18.0 Å². The number of rotatable bonds is 5. The van der Waals surface area contributed by atoms with Gasteiger partial charge in [0.05, 0.1) is 13.2 Å². The molecule has 0 aromatic carbocycles. The first-order valence-electron chi connectivity index (χ1n) is 7.38. The van der Waals surface area contributed by atoms with Crippen LogP contribution in [0.5, 0.6) is 0 Å². The van der Waals surface area contributed by atoms with E-state index in [1.807, 2.05) is 14.0 Å². The third-order valence-electron chi connectivity index (χ3n) is 3.83. The van der Waals surface area contributed by atoms with Crippen molar-refractivity contribution >= 4 is 29.9 Å². The lowest BCUT2D eigenvalue weighted by Gasteiger charge is -2.21. The van der Waals surface area contributed by atoms with Gasteiger partial charge in [-0.15, -0.1) is 24.0 Å². The summed E-state index contributed by atoms with van der Waals surface area (Å²) in [4.78, 5) is 6.72. The molecule has 0 spiro atoms. The van der Waals surface area contributed by atoms with Crippen molar-refractivity contribution in [1.82, 2.24) is 14.8 Å². The van der Waals surface area contributed by atoms with Crippen LogP contribution in [0, 0.1) is 5.92 Å². The molecule has 0 bridgehead atoms. The first kappa shape index (κ1) is 18.3. The van der Waals surface area contributed by atoms with Crippen LogP contribution in [-0.4, -0.2) is 48.8 Å². The van der Waals surface area contributed by atoms with Gasteiger partial charge in [-0.05, 0) is 25.5 Å². The van der Waals surface area contributed by atoms with E-state index in [1.54, 1.807) is 0 Å². The molecule has 0 aliphatic carbocycles. The lowest BCUT2D eigenvalue weighted by Crippen LogP contribution is -2.40. The molecule has 6 heteroatoms. The number of aryl methyl sites for hydroxylation is 1. The molecule has 1 aromatic heterocycles. The molecule has 0 radical (unpaired) electrons. The van der Waals surface area contributed by atoms with Crippen molar-refractivity contribution in [1.29, 1.82) is 0 Å². The minimum absolute atomic E-state index is 0. The third-order valence-corrected chi connectivity index (χ3v) is 3.83. The van der Waals surface area contributed by atoms with Crippen molar-refractivity contribution in [3.63, 3.8) is 0 Å². The molecular weight excluding hydrogens is 379 g/mol. The van der Waals surface area contributed by atoms with Crippen LogP contribution in [0.1, 0.15) is 19.0 Å². The molecule has 2 rings (SSSR count). The molecule has 1 saturated heterocycles. The Kier molecular flexibility index (Phi) is 8.10. The second kappa shape index (κ2) is 9.30. The Labute approximate surface area is 144 Å². The van der Waals surface area contributed by atoms with Gasteiger partial charge in [-0.2, -0.15) is 0 Å². The third kappa shape index (κ3) is 5.18. The van der Waals surface area contributed by atoms with Gasteiger partial charge < -0.3 is 19.5 Å². The van der Waals surface area contributed by atoms with Crippen LogP contribution in [0.15, 0.2) is 23.3 Å². The van der Waals surface area contributed by atoms with Gasteiger partial charge in [-0.1, -0.05) is 0 Å². The van der Waals surface area contributed by atoms with Crippen molar-refractivity contribution in [3.05, 3.63) is 24.0 Å². The molecule has 1 fully saturated rings. The molecule has 1 atom stereocenters. The number of hydrogen-bond acceptors (Lipinski definition) is 2. The van der Waals surface area contributed by atoms with E-state index < -0.39 is 0 Å². The largest absolute Gasteiger partial charge is 0.381 e. The highest BCUT2D eigenvalue weighted by Gasteiger charge is 2.24. The molecule has 0 saturated carbocycles. The van der Waals surface area contributed by atoms with Crippen LogP contribution >= 0.6 is 24.0 Å². The first-order chi connectivity index (χ1) is 9.74. The molecular formula is C15H27IN4O. The first-order valence-corrected chi connectivity index (χ1v) is 7.38. The van der Waals surface area contributed by atoms with E-state index in [0.29, 0.717) is 5.92 Å². The molecule has 1 aromatic rings. The predicted molar refractivity (Wildman–Crippen MR) is 97.2 cm³/mol. The molecule has 1 aliphatic heterocycles. The number of hydrogen-bond donors (Lipinski definition) is 1. The fourth-order valence-electron chi connectivity index (χ4n) is 2.63. The van der Waals surface area contributed by atoms with Crippen molar-refractivity contribution < 1.29 is 4.74 Å². The maximum absolute atomic E-state index is 5.52. The fraction of sp³-hybridized carbons (Fsp3) is 0.667. The summed E-state index contributed by atoms with van der Waals surface area (Å²) in [5, 5.41) is 3.45. The second-order valence-corrected chi connectivity index (χ2v) is 5.27. The summed E-state index contributed by atoms with van der Waals surface area (Å²) in [7, 11) is 3.91. The van der Waals surface area contributed by atoms with E-state index in [4.69, 9.17) is 4.74 Å². The van der Waals surface area contributed by atoms with E-state index in [2.05, 4.69) is 45.2 Å². The van der Waals surface area contributed by atoms with Crippen molar-refractivity contribution in [2.45, 2.75) is 19.9 Å². The van der Waals surface area contributed by atoms with E-state index in [-0.39, 0.29) is 24.0 Å². The topological polar surface area (TPSA) is 41.8 Å². The zero-order chi connectivity index (χ0) is 14.4. The monoisotopic (exact) mass is 406 g/mol. The Morgan fingerprint density at radius 2 is 2.33 bits per heavy atom. The fourth-order valence-corrected chi connectivity index (χ4v) is 2.63. The zero-order valence-electron chi connectivity index (χ0n) is 13.2. The molecule has 1 unspecified atom stereocenters. The molecule has 1 aliphatic rings. The molecule has 120 valence electrons. The summed E-state index contributed by atoms with van der Waals surface area (Å²) in [5.41, 5.74) is 1.26. The Hall–Kier alpha value is -0.760. The van der Waals surface area contributed by atoms with Crippen LogP contribution in [0.25, 0.3) is 0 Å². The molecule has 2 heterocycles. The minimum atomic E-state index is 0. The second-order valence-electron chi connectivity index (χ2n) is 5.27. The van der Waals surface area contributed by atoms with Crippen LogP contribution in [-0.2, 0) is 18.3 Å². The quantitative estimate of drug-likeness (QED) is 0.463. The number of aromatic nitrogens is 1. The average molecular weight is 406 g/mol. The van der Waals surface area contributed by atoms with E-state index >= 15 is 0 Å². The summed E-state index contributed by atoms with van der Waals surface area (Å²) in [5.74, 6) is 1.62. The van der Waals surface area contributed by atoms with E-state index in [0.717, 1.165) is 38.8 Å². The van der Waals surface area contributed by atoms with Gasteiger partial charge in [-0.3, -0.25) is 4.99 Å². The number of ether oxygens (including phenoxy) is 1. The highest BCUT2D eigenvalue weighted by molar-refractivity contribution is 14.0. The number of aliphatic imine (C=N–C) groups is 1. The van der Waals surface area contributed by atoms with Gasteiger partial charge >= 0.3 is 0 Å².